The standard InChI is InChI=1S/C21H23N5O2/c1-12-9-17(18-13(2)25-26(3)19(18)23-12)21(28)22-11-14-5-4-6-16(10-14)24-20(27)15-7-8-15/h4-6,9-10,15H,7-8,11H2,1-3H3,(H,22,28)(H,24,27). The molecule has 3 aromatic rings. The van der Waals surface area contributed by atoms with E-state index < -0.39 is 0 Å². The lowest BCUT2D eigenvalue weighted by atomic mass is 10.1. The molecule has 0 aliphatic heterocycles. The highest BCUT2D eigenvalue weighted by Crippen LogP contribution is 2.30. The van der Waals surface area contributed by atoms with Gasteiger partial charge >= 0.3 is 0 Å². The number of fused-ring (bicyclic) bond motifs is 1. The molecule has 0 radical (unpaired) electrons. The Bertz CT molecular complexity index is 1080. The van der Waals surface area contributed by atoms with Gasteiger partial charge in [-0.25, -0.2) is 4.98 Å². The predicted octanol–water partition coefficient (Wildman–Crippen LogP) is 2.86. The van der Waals surface area contributed by atoms with Crippen LogP contribution in [0.15, 0.2) is 30.3 Å². The van der Waals surface area contributed by atoms with Gasteiger partial charge in [-0.15, -0.1) is 0 Å². The van der Waals surface area contributed by atoms with E-state index in [0.717, 1.165) is 40.9 Å². The highest BCUT2D eigenvalue weighted by molar-refractivity contribution is 6.06. The summed E-state index contributed by atoms with van der Waals surface area (Å²) in [6.45, 7) is 4.11. The molecule has 1 aliphatic rings. The van der Waals surface area contributed by atoms with Gasteiger partial charge in [-0.2, -0.15) is 5.10 Å². The summed E-state index contributed by atoms with van der Waals surface area (Å²) in [5.74, 6) is 0.0605. The van der Waals surface area contributed by atoms with Crippen molar-refractivity contribution in [3.8, 4) is 0 Å². The van der Waals surface area contributed by atoms with Gasteiger partial charge < -0.3 is 10.6 Å². The summed E-state index contributed by atoms with van der Waals surface area (Å²) in [6.07, 6.45) is 1.93. The normalized spacial score (nSPS) is 13.5. The largest absolute Gasteiger partial charge is 0.348 e. The molecule has 0 saturated heterocycles. The fraction of sp³-hybridized carbons (Fsp3) is 0.333. The molecule has 1 fully saturated rings. The van der Waals surface area contributed by atoms with Crippen LogP contribution in [0.4, 0.5) is 5.69 Å². The van der Waals surface area contributed by atoms with Crippen LogP contribution in [0.1, 0.15) is 40.2 Å². The van der Waals surface area contributed by atoms with E-state index in [0.29, 0.717) is 17.8 Å². The lowest BCUT2D eigenvalue weighted by molar-refractivity contribution is -0.117. The van der Waals surface area contributed by atoms with E-state index in [-0.39, 0.29) is 17.7 Å². The SMILES string of the molecule is Cc1cc(C(=O)NCc2cccc(NC(=O)C3CC3)c2)c2c(C)nn(C)c2n1. The molecule has 7 nitrogen and oxygen atoms in total. The van der Waals surface area contributed by atoms with Gasteiger partial charge in [0.1, 0.15) is 0 Å². The van der Waals surface area contributed by atoms with Gasteiger partial charge in [-0.05, 0) is 50.5 Å². The molecule has 0 unspecified atom stereocenters. The van der Waals surface area contributed by atoms with Crippen LogP contribution in [0, 0.1) is 19.8 Å². The molecule has 0 spiro atoms. The summed E-state index contributed by atoms with van der Waals surface area (Å²) in [5.41, 5.74) is 4.50. The maximum atomic E-state index is 12.9. The molecule has 2 aromatic heterocycles. The van der Waals surface area contributed by atoms with E-state index in [2.05, 4.69) is 20.7 Å². The van der Waals surface area contributed by atoms with Crippen molar-refractivity contribution in [3.63, 3.8) is 0 Å². The van der Waals surface area contributed by atoms with Crippen molar-refractivity contribution in [2.45, 2.75) is 33.2 Å². The summed E-state index contributed by atoms with van der Waals surface area (Å²) in [4.78, 5) is 29.3. The second-order valence-corrected chi connectivity index (χ2v) is 7.37. The third-order valence-corrected chi connectivity index (χ3v) is 4.94. The number of benzene rings is 1. The first-order chi connectivity index (χ1) is 13.4. The molecule has 0 bridgehead atoms. The van der Waals surface area contributed by atoms with Crippen LogP contribution < -0.4 is 10.6 Å². The number of anilines is 1. The molecule has 7 heteroatoms. The van der Waals surface area contributed by atoms with Gasteiger partial charge in [0.25, 0.3) is 5.91 Å². The fourth-order valence-electron chi connectivity index (χ4n) is 3.38. The van der Waals surface area contributed by atoms with Crippen LogP contribution in [0.2, 0.25) is 0 Å². The van der Waals surface area contributed by atoms with E-state index in [9.17, 15) is 9.59 Å². The minimum atomic E-state index is -0.168. The van der Waals surface area contributed by atoms with Crippen LogP contribution in [-0.4, -0.2) is 26.6 Å². The molecular weight excluding hydrogens is 354 g/mol. The highest BCUT2D eigenvalue weighted by Gasteiger charge is 2.29. The Hall–Kier alpha value is -3.22. The second-order valence-electron chi connectivity index (χ2n) is 7.37. The molecule has 28 heavy (non-hydrogen) atoms. The van der Waals surface area contributed by atoms with Crippen molar-refractivity contribution in [1.29, 1.82) is 0 Å². The monoisotopic (exact) mass is 377 g/mol. The van der Waals surface area contributed by atoms with Crippen LogP contribution in [0.25, 0.3) is 11.0 Å². The van der Waals surface area contributed by atoms with Crippen LogP contribution in [0.3, 0.4) is 0 Å². The minimum Gasteiger partial charge on any atom is -0.348 e. The second kappa shape index (κ2) is 7.07. The molecule has 1 aliphatic carbocycles. The summed E-state index contributed by atoms with van der Waals surface area (Å²) in [5, 5.41) is 11.1. The van der Waals surface area contributed by atoms with Gasteiger partial charge in [-0.3, -0.25) is 14.3 Å². The number of hydrogen-bond acceptors (Lipinski definition) is 4. The number of hydrogen-bond donors (Lipinski definition) is 2. The van der Waals surface area contributed by atoms with Crippen molar-refractivity contribution in [1.82, 2.24) is 20.1 Å². The molecule has 4 rings (SSSR count). The number of rotatable bonds is 5. The van der Waals surface area contributed by atoms with E-state index in [1.165, 1.54) is 0 Å². The zero-order valence-corrected chi connectivity index (χ0v) is 16.2. The van der Waals surface area contributed by atoms with Gasteiger partial charge in [0.15, 0.2) is 5.65 Å². The Kier molecular flexibility index (Phi) is 4.58. The molecule has 2 amide bonds. The molecular formula is C21H23N5O2. The number of aromatic nitrogens is 3. The Balaban J connectivity index is 1.50. The van der Waals surface area contributed by atoms with Gasteiger partial charge in [-0.1, -0.05) is 12.1 Å². The van der Waals surface area contributed by atoms with E-state index >= 15 is 0 Å². The number of amides is 2. The van der Waals surface area contributed by atoms with Crippen molar-refractivity contribution in [2.75, 3.05) is 5.32 Å². The summed E-state index contributed by atoms with van der Waals surface area (Å²) >= 11 is 0. The van der Waals surface area contributed by atoms with E-state index in [1.54, 1.807) is 10.7 Å². The quantitative estimate of drug-likeness (QED) is 0.716. The van der Waals surface area contributed by atoms with E-state index in [4.69, 9.17) is 0 Å². The van der Waals surface area contributed by atoms with Gasteiger partial charge in [0.2, 0.25) is 5.91 Å². The Labute approximate surface area is 163 Å². The molecule has 144 valence electrons. The first-order valence-electron chi connectivity index (χ1n) is 9.41. The molecule has 1 saturated carbocycles. The Morgan fingerprint density at radius 3 is 2.75 bits per heavy atom. The predicted molar refractivity (Wildman–Crippen MR) is 107 cm³/mol. The lowest BCUT2D eigenvalue weighted by Gasteiger charge is -2.10. The zero-order valence-electron chi connectivity index (χ0n) is 16.2. The maximum Gasteiger partial charge on any atom is 0.252 e. The van der Waals surface area contributed by atoms with Crippen molar-refractivity contribution in [2.24, 2.45) is 13.0 Å². The molecule has 0 atom stereocenters. The molecule has 2 heterocycles. The first-order valence-corrected chi connectivity index (χ1v) is 9.41. The summed E-state index contributed by atoms with van der Waals surface area (Å²) < 4.78 is 1.69. The number of aryl methyl sites for hydroxylation is 3. The number of carbonyl (C=O) groups excluding carboxylic acids is 2. The number of nitrogens with one attached hydrogen (secondary N) is 2. The number of carbonyl (C=O) groups is 2. The minimum absolute atomic E-state index is 0.0721. The van der Waals surface area contributed by atoms with Gasteiger partial charge in [0, 0.05) is 30.9 Å². The van der Waals surface area contributed by atoms with E-state index in [1.807, 2.05) is 45.2 Å². The van der Waals surface area contributed by atoms with Crippen molar-refractivity contribution in [3.05, 3.63) is 52.8 Å². The number of pyridine rings is 1. The van der Waals surface area contributed by atoms with Crippen LogP contribution in [-0.2, 0) is 18.4 Å². The smallest absolute Gasteiger partial charge is 0.252 e. The maximum absolute atomic E-state index is 12.9. The first kappa shape index (κ1) is 18.2. The highest BCUT2D eigenvalue weighted by atomic mass is 16.2. The van der Waals surface area contributed by atoms with Crippen LogP contribution in [0.5, 0.6) is 0 Å². The average Bonchev–Trinajstić information content (AvgIpc) is 3.47. The van der Waals surface area contributed by atoms with Crippen LogP contribution >= 0.6 is 0 Å². The third kappa shape index (κ3) is 3.60. The van der Waals surface area contributed by atoms with Crippen molar-refractivity contribution >= 4 is 28.5 Å². The zero-order chi connectivity index (χ0) is 19.8. The average molecular weight is 377 g/mol. The summed E-state index contributed by atoms with van der Waals surface area (Å²) in [7, 11) is 1.82. The third-order valence-electron chi connectivity index (χ3n) is 4.94. The molecule has 2 N–H and O–H groups in total. The topological polar surface area (TPSA) is 88.9 Å². The Morgan fingerprint density at radius 2 is 2.00 bits per heavy atom. The summed E-state index contributed by atoms with van der Waals surface area (Å²) in [6, 6.07) is 9.35. The van der Waals surface area contributed by atoms with Crippen molar-refractivity contribution < 1.29 is 9.59 Å². The fourth-order valence-corrected chi connectivity index (χ4v) is 3.38. The number of nitrogens with zero attached hydrogens (tertiary/aromatic N) is 3. The van der Waals surface area contributed by atoms with Gasteiger partial charge in [0.05, 0.1) is 16.6 Å². The lowest BCUT2D eigenvalue weighted by Crippen LogP contribution is -2.23. The molecule has 1 aromatic carbocycles. The Morgan fingerprint density at radius 1 is 1.21 bits per heavy atom.